The van der Waals surface area contributed by atoms with Crippen LogP contribution in [0.4, 0.5) is 0 Å². The first-order valence-corrected chi connectivity index (χ1v) is 21.3. The molecule has 0 unspecified atom stereocenters. The van der Waals surface area contributed by atoms with Crippen LogP contribution in [0.15, 0.2) is 24.3 Å². The molecular weight excluding hydrogens is 576 g/mol. The zero-order valence-corrected chi connectivity index (χ0v) is 31.4. The van der Waals surface area contributed by atoms with Crippen molar-refractivity contribution in [3.05, 3.63) is 24.3 Å². The van der Waals surface area contributed by atoms with E-state index in [9.17, 15) is 0 Å². The molecule has 0 spiro atoms. The molecule has 0 aromatic rings. The topological polar surface area (TPSA) is 27.7 Å². The summed E-state index contributed by atoms with van der Waals surface area (Å²) in [7, 11) is 0. The average molecular weight is 655 g/mol. The Balaban J connectivity index is 0.936. The highest BCUT2D eigenvalue weighted by atomic mass is 16.5. The molecular formula is C44H78O3. The second-order valence-electron chi connectivity index (χ2n) is 16.6. The summed E-state index contributed by atoms with van der Waals surface area (Å²) in [4.78, 5) is 0. The van der Waals surface area contributed by atoms with E-state index in [-0.39, 0.29) is 0 Å². The van der Waals surface area contributed by atoms with E-state index in [4.69, 9.17) is 14.2 Å². The molecule has 0 atom stereocenters. The zero-order chi connectivity index (χ0) is 32.8. The molecule has 272 valence electrons. The van der Waals surface area contributed by atoms with Gasteiger partial charge in [-0.3, -0.25) is 0 Å². The fourth-order valence-electron chi connectivity index (χ4n) is 9.77. The lowest BCUT2D eigenvalue weighted by Crippen LogP contribution is -2.27. The van der Waals surface area contributed by atoms with E-state index in [0.29, 0.717) is 0 Å². The normalized spacial score (nSPS) is 32.4. The van der Waals surface area contributed by atoms with Crippen LogP contribution in [0.5, 0.6) is 0 Å². The monoisotopic (exact) mass is 655 g/mol. The maximum absolute atomic E-state index is 5.98. The van der Waals surface area contributed by atoms with Crippen LogP contribution in [0.1, 0.15) is 168 Å². The van der Waals surface area contributed by atoms with Gasteiger partial charge in [-0.15, -0.1) is 0 Å². The van der Waals surface area contributed by atoms with Crippen LogP contribution in [-0.2, 0) is 14.2 Å². The van der Waals surface area contributed by atoms with Crippen molar-refractivity contribution in [2.75, 3.05) is 39.6 Å². The molecule has 4 rings (SSSR count). The summed E-state index contributed by atoms with van der Waals surface area (Å²) in [5.41, 5.74) is 0. The Kier molecular flexibility index (Phi) is 20.4. The molecule has 4 saturated carbocycles. The van der Waals surface area contributed by atoms with Crippen molar-refractivity contribution in [1.82, 2.24) is 0 Å². The molecule has 4 aliphatic rings. The van der Waals surface area contributed by atoms with Gasteiger partial charge < -0.3 is 14.2 Å². The Bertz CT molecular complexity index is 723. The first-order chi connectivity index (χ1) is 23.2. The number of hydrogen-bond donors (Lipinski definition) is 0. The van der Waals surface area contributed by atoms with Gasteiger partial charge in [0.2, 0.25) is 0 Å². The molecule has 0 aromatic heterocycles. The van der Waals surface area contributed by atoms with E-state index in [1.54, 1.807) is 0 Å². The van der Waals surface area contributed by atoms with Gasteiger partial charge in [-0.25, -0.2) is 0 Å². The lowest BCUT2D eigenvalue weighted by Gasteiger charge is -2.37. The van der Waals surface area contributed by atoms with E-state index in [1.807, 2.05) is 0 Å². The summed E-state index contributed by atoms with van der Waals surface area (Å²) in [6.07, 6.45) is 42.7. The number of allylic oxidation sites excluding steroid dienone is 2. The van der Waals surface area contributed by atoms with Gasteiger partial charge in [0, 0.05) is 26.4 Å². The van der Waals surface area contributed by atoms with Crippen LogP contribution in [0, 0.1) is 47.3 Å². The van der Waals surface area contributed by atoms with Gasteiger partial charge in [-0.2, -0.15) is 0 Å². The quantitative estimate of drug-likeness (QED) is 0.0859. The first-order valence-electron chi connectivity index (χ1n) is 21.3. The van der Waals surface area contributed by atoms with Gasteiger partial charge >= 0.3 is 0 Å². The van der Waals surface area contributed by atoms with Crippen molar-refractivity contribution >= 4 is 0 Å². The van der Waals surface area contributed by atoms with Crippen LogP contribution in [0.25, 0.3) is 0 Å². The predicted molar refractivity (Wildman–Crippen MR) is 201 cm³/mol. The van der Waals surface area contributed by atoms with Crippen molar-refractivity contribution < 1.29 is 14.2 Å². The second-order valence-corrected chi connectivity index (χ2v) is 16.6. The largest absolute Gasteiger partial charge is 0.381 e. The van der Waals surface area contributed by atoms with Gasteiger partial charge in [-0.1, -0.05) is 63.8 Å². The second kappa shape index (κ2) is 24.5. The Hall–Kier alpha value is -0.640. The van der Waals surface area contributed by atoms with Gasteiger partial charge in [0.15, 0.2) is 0 Å². The maximum atomic E-state index is 5.98. The predicted octanol–water partition coefficient (Wildman–Crippen LogP) is 12.5. The molecule has 0 bridgehead atoms. The van der Waals surface area contributed by atoms with Crippen LogP contribution in [0.3, 0.4) is 0 Å². The van der Waals surface area contributed by atoms with E-state index in [0.717, 1.165) is 87.0 Å². The number of hydrogen-bond acceptors (Lipinski definition) is 3. The average Bonchev–Trinajstić information content (AvgIpc) is 3.12. The Labute approximate surface area is 292 Å². The number of ether oxygens (including phenoxy) is 3. The summed E-state index contributed by atoms with van der Waals surface area (Å²) in [6, 6.07) is 0. The van der Waals surface area contributed by atoms with Gasteiger partial charge in [-0.05, 0) is 176 Å². The summed E-state index contributed by atoms with van der Waals surface area (Å²) >= 11 is 0. The van der Waals surface area contributed by atoms with E-state index >= 15 is 0 Å². The molecule has 47 heavy (non-hydrogen) atoms. The number of rotatable bonds is 22. The molecule has 0 N–H and O–H groups in total. The van der Waals surface area contributed by atoms with E-state index in [2.05, 4.69) is 38.2 Å². The highest BCUT2D eigenvalue weighted by Gasteiger charge is 2.32. The van der Waals surface area contributed by atoms with Crippen molar-refractivity contribution in [2.45, 2.75) is 168 Å². The Morgan fingerprint density at radius 1 is 0.383 bits per heavy atom. The van der Waals surface area contributed by atoms with Crippen LogP contribution >= 0.6 is 0 Å². The SMILES string of the molecule is CCCCCOC[C@H]1CC[C@H]([C@H]2CC[C@H](CC=CCOCC=CC[C@H]3CC[C@H]([C@H]4CC[C@H](COCCCCC)CC4)CC3)CC2)CC1. The van der Waals surface area contributed by atoms with Crippen molar-refractivity contribution in [3.8, 4) is 0 Å². The lowest BCUT2D eigenvalue weighted by atomic mass is 9.69. The zero-order valence-electron chi connectivity index (χ0n) is 31.4. The third-order valence-electron chi connectivity index (χ3n) is 13.1. The molecule has 3 heteroatoms. The molecule has 4 fully saturated rings. The van der Waals surface area contributed by atoms with E-state index in [1.165, 1.54) is 154 Å². The molecule has 0 heterocycles. The smallest absolute Gasteiger partial charge is 0.0651 e. The minimum atomic E-state index is 0.767. The van der Waals surface area contributed by atoms with Crippen molar-refractivity contribution in [3.63, 3.8) is 0 Å². The molecule has 4 aliphatic carbocycles. The highest BCUT2D eigenvalue weighted by molar-refractivity contribution is 4.90. The first kappa shape index (κ1) is 39.2. The van der Waals surface area contributed by atoms with Crippen LogP contribution in [-0.4, -0.2) is 39.6 Å². The summed E-state index contributed by atoms with van der Waals surface area (Å²) in [6.45, 7) is 10.1. The Morgan fingerprint density at radius 3 is 1.06 bits per heavy atom. The lowest BCUT2D eigenvalue weighted by molar-refractivity contribution is 0.0631. The summed E-state index contributed by atoms with van der Waals surface area (Å²) < 4.78 is 17.9. The van der Waals surface area contributed by atoms with Crippen molar-refractivity contribution in [2.24, 2.45) is 47.3 Å². The standard InChI is InChI=1S/C44H78O3/c1-3-5-9-33-46-35-39-19-27-43(28-20-39)41-23-15-37(16-24-41)13-7-11-31-45-32-12-8-14-38-17-25-42(26-18-38)44-29-21-40(22-30-44)36-47-34-10-6-4-2/h7-8,11-12,37-44H,3-6,9-10,13-36H2,1-2H3/t37-,38-,39-,40-,41-,42-,43-,44-. The summed E-state index contributed by atoms with van der Waals surface area (Å²) in [5.74, 6) is 7.48. The fraction of sp³-hybridized carbons (Fsp3) is 0.909. The van der Waals surface area contributed by atoms with Gasteiger partial charge in [0.25, 0.3) is 0 Å². The summed E-state index contributed by atoms with van der Waals surface area (Å²) in [5, 5.41) is 0. The third kappa shape index (κ3) is 15.8. The molecule has 3 nitrogen and oxygen atoms in total. The molecule has 0 aromatic carbocycles. The number of unbranched alkanes of at least 4 members (excludes halogenated alkanes) is 4. The Morgan fingerprint density at radius 2 is 0.723 bits per heavy atom. The highest BCUT2D eigenvalue weighted by Crippen LogP contribution is 2.43. The maximum Gasteiger partial charge on any atom is 0.0651 e. The minimum absolute atomic E-state index is 0.767. The van der Waals surface area contributed by atoms with Crippen molar-refractivity contribution in [1.29, 1.82) is 0 Å². The van der Waals surface area contributed by atoms with Crippen LogP contribution in [0.2, 0.25) is 0 Å². The minimum Gasteiger partial charge on any atom is -0.381 e. The van der Waals surface area contributed by atoms with Gasteiger partial charge in [0.1, 0.15) is 0 Å². The molecule has 0 aliphatic heterocycles. The molecule has 0 saturated heterocycles. The van der Waals surface area contributed by atoms with E-state index < -0.39 is 0 Å². The van der Waals surface area contributed by atoms with Crippen LogP contribution < -0.4 is 0 Å². The third-order valence-corrected chi connectivity index (χ3v) is 13.1. The van der Waals surface area contributed by atoms with Gasteiger partial charge in [0.05, 0.1) is 13.2 Å². The molecule has 0 radical (unpaired) electrons. The fourth-order valence-corrected chi connectivity index (χ4v) is 9.77. The molecule has 0 amide bonds.